The predicted molar refractivity (Wildman–Crippen MR) is 90.8 cm³/mol. The molecule has 0 aliphatic carbocycles. The first kappa shape index (κ1) is 17.7. The van der Waals surface area contributed by atoms with Gasteiger partial charge in [-0.3, -0.25) is 4.79 Å². The Morgan fingerprint density at radius 3 is 2.44 bits per heavy atom. The number of H-pyrrole nitrogens is 1. The second-order valence-electron chi connectivity index (χ2n) is 5.79. The minimum atomic E-state index is -1.61. The van der Waals surface area contributed by atoms with Crippen molar-refractivity contribution in [2.75, 3.05) is 6.54 Å². The van der Waals surface area contributed by atoms with Crippen LogP contribution in [0.4, 0.5) is 17.6 Å². The number of hydrogen-bond acceptors (Lipinski definition) is 3. The lowest BCUT2D eigenvalue weighted by atomic mass is 10.1. The number of aromatic amines is 1. The number of nitrogens with one attached hydrogen (secondary N) is 2. The third kappa shape index (κ3) is 2.80. The van der Waals surface area contributed by atoms with Gasteiger partial charge < -0.3 is 10.3 Å². The number of rotatable bonds is 2. The Morgan fingerprint density at radius 2 is 1.78 bits per heavy atom. The highest BCUT2D eigenvalue weighted by Gasteiger charge is 2.27. The Kier molecular flexibility index (Phi) is 4.22. The third-order valence-electron chi connectivity index (χ3n) is 4.17. The van der Waals surface area contributed by atoms with E-state index in [1.165, 1.54) is 12.3 Å². The molecule has 4 rings (SSSR count). The lowest BCUT2D eigenvalue weighted by molar-refractivity contribution is 0.0946. The summed E-state index contributed by atoms with van der Waals surface area (Å²) in [6.07, 6.45) is 1.79. The minimum Gasteiger partial charge on any atom is -0.356 e. The molecule has 0 unspecified atom stereocenters. The quantitative estimate of drug-likeness (QED) is 0.362. The first-order valence-electron chi connectivity index (χ1n) is 7.73. The molecule has 2 aromatic heterocycles. The fourth-order valence-corrected chi connectivity index (χ4v) is 3.21. The largest absolute Gasteiger partial charge is 0.356 e. The zero-order valence-corrected chi connectivity index (χ0v) is 14.9. The molecule has 0 fully saturated rings. The van der Waals surface area contributed by atoms with Crippen molar-refractivity contribution < 1.29 is 22.4 Å². The van der Waals surface area contributed by atoms with Crippen molar-refractivity contribution in [2.24, 2.45) is 0 Å². The summed E-state index contributed by atoms with van der Waals surface area (Å²) < 4.78 is 55.1. The Bertz CT molecular complexity index is 1070. The lowest BCUT2D eigenvalue weighted by Crippen LogP contribution is -2.31. The summed E-state index contributed by atoms with van der Waals surface area (Å²) in [7, 11) is 0. The van der Waals surface area contributed by atoms with E-state index in [2.05, 4.69) is 36.2 Å². The number of carbonyl (C=O) groups is 1. The van der Waals surface area contributed by atoms with E-state index < -0.39 is 39.1 Å². The second kappa shape index (κ2) is 6.45. The molecule has 2 N–H and O–H groups in total. The summed E-state index contributed by atoms with van der Waals surface area (Å²) >= 11 is 2.46. The monoisotopic (exact) mass is 440 g/mol. The summed E-state index contributed by atoms with van der Waals surface area (Å²) in [6, 6.07) is 2.99. The molecule has 0 spiro atoms. The molecule has 0 radical (unpaired) electrons. The van der Waals surface area contributed by atoms with Gasteiger partial charge in [0.05, 0.1) is 27.0 Å². The fraction of sp³-hybridized carbons (Fsp3) is 0.118. The van der Waals surface area contributed by atoms with E-state index in [1.54, 1.807) is 6.07 Å². The van der Waals surface area contributed by atoms with E-state index in [4.69, 9.17) is 0 Å². The molecule has 1 amide bonds. The first-order valence-corrected chi connectivity index (χ1v) is 8.53. The van der Waals surface area contributed by atoms with E-state index in [9.17, 15) is 22.4 Å². The smallest absolute Gasteiger partial charge is 0.253 e. The number of halogens is 5. The lowest BCUT2D eigenvalue weighted by Gasteiger charge is -2.11. The molecule has 1 aromatic carbocycles. The second-order valence-corrected chi connectivity index (χ2v) is 6.58. The SMILES string of the molecule is O=C1NCCc2[nH]c(-c3ccnc(-c4c(F)c(F)c(Br)c(F)c4F)n3)cc21. The topological polar surface area (TPSA) is 70.7 Å². The van der Waals surface area contributed by atoms with Crippen LogP contribution >= 0.6 is 15.9 Å². The van der Waals surface area contributed by atoms with E-state index in [1.807, 2.05) is 0 Å². The van der Waals surface area contributed by atoms with Gasteiger partial charge in [0, 0.05) is 24.9 Å². The van der Waals surface area contributed by atoms with Crippen molar-refractivity contribution >= 4 is 21.8 Å². The number of fused-ring (bicyclic) bond motifs is 1. The maximum absolute atomic E-state index is 14.2. The molecular weight excluding hydrogens is 432 g/mol. The summed E-state index contributed by atoms with van der Waals surface area (Å²) in [4.78, 5) is 22.6. The van der Waals surface area contributed by atoms with Crippen molar-refractivity contribution in [3.05, 3.63) is 57.3 Å². The highest BCUT2D eigenvalue weighted by Crippen LogP contribution is 2.33. The van der Waals surface area contributed by atoms with E-state index >= 15 is 0 Å². The standard InChI is InChI=1S/C17H9BrF4N4O/c18-11-14(21)12(19)10(13(20)15(11)22)16-23-3-2-8(26-16)9-5-6-7(25-9)1-4-24-17(6)27/h2-3,5,25H,1,4H2,(H,24,27). The molecule has 0 bridgehead atoms. The third-order valence-corrected chi connectivity index (χ3v) is 4.87. The van der Waals surface area contributed by atoms with Crippen LogP contribution in [0.15, 0.2) is 22.8 Å². The molecule has 0 saturated heterocycles. The Hall–Kier alpha value is -2.75. The van der Waals surface area contributed by atoms with Crippen LogP contribution in [0, 0.1) is 23.3 Å². The van der Waals surface area contributed by atoms with Crippen LogP contribution in [-0.2, 0) is 6.42 Å². The zero-order chi connectivity index (χ0) is 19.3. The maximum atomic E-state index is 14.2. The number of amides is 1. The van der Waals surface area contributed by atoms with E-state index in [0.29, 0.717) is 29.9 Å². The van der Waals surface area contributed by atoms with Gasteiger partial charge >= 0.3 is 0 Å². The summed E-state index contributed by atoms with van der Waals surface area (Å²) in [5.74, 6) is -7.15. The van der Waals surface area contributed by atoms with Crippen LogP contribution in [0.5, 0.6) is 0 Å². The van der Waals surface area contributed by atoms with Crippen LogP contribution in [0.1, 0.15) is 16.1 Å². The van der Waals surface area contributed by atoms with Crippen LogP contribution in [0.3, 0.4) is 0 Å². The van der Waals surface area contributed by atoms with Crippen molar-refractivity contribution in [2.45, 2.75) is 6.42 Å². The summed E-state index contributed by atoms with van der Waals surface area (Å²) in [6.45, 7) is 0.481. The molecular formula is C17H9BrF4N4O. The van der Waals surface area contributed by atoms with Gasteiger partial charge in [0.1, 0.15) is 0 Å². The average molecular weight is 441 g/mol. The van der Waals surface area contributed by atoms with E-state index in [0.717, 1.165) is 0 Å². The van der Waals surface area contributed by atoms with Crippen LogP contribution in [-0.4, -0.2) is 27.4 Å². The van der Waals surface area contributed by atoms with Gasteiger partial charge in [-0.25, -0.2) is 27.5 Å². The number of carbonyl (C=O) groups excluding carboxylic acids is 1. The molecule has 1 aliphatic rings. The van der Waals surface area contributed by atoms with Gasteiger partial charge in [-0.2, -0.15) is 0 Å². The highest BCUT2D eigenvalue weighted by molar-refractivity contribution is 9.10. The number of nitrogens with zero attached hydrogens (tertiary/aromatic N) is 2. The predicted octanol–water partition coefficient (Wildman–Crippen LogP) is 3.74. The van der Waals surface area contributed by atoms with Crippen molar-refractivity contribution in [1.82, 2.24) is 20.3 Å². The highest BCUT2D eigenvalue weighted by atomic mass is 79.9. The Balaban J connectivity index is 1.85. The summed E-state index contributed by atoms with van der Waals surface area (Å²) in [5.41, 5.74) is 0.759. The molecule has 10 heteroatoms. The fourth-order valence-electron chi connectivity index (χ4n) is 2.86. The maximum Gasteiger partial charge on any atom is 0.253 e. The van der Waals surface area contributed by atoms with Gasteiger partial charge in [-0.05, 0) is 28.1 Å². The molecule has 138 valence electrons. The summed E-state index contributed by atoms with van der Waals surface area (Å²) in [5, 5.41) is 2.69. The Morgan fingerprint density at radius 1 is 1.07 bits per heavy atom. The molecule has 3 heterocycles. The van der Waals surface area contributed by atoms with Crippen LogP contribution in [0.2, 0.25) is 0 Å². The van der Waals surface area contributed by atoms with E-state index in [-0.39, 0.29) is 11.6 Å². The van der Waals surface area contributed by atoms with Crippen molar-refractivity contribution in [3.8, 4) is 22.8 Å². The molecule has 27 heavy (non-hydrogen) atoms. The molecule has 3 aromatic rings. The zero-order valence-electron chi connectivity index (χ0n) is 13.3. The number of hydrogen-bond donors (Lipinski definition) is 2. The van der Waals surface area contributed by atoms with Crippen molar-refractivity contribution in [3.63, 3.8) is 0 Å². The van der Waals surface area contributed by atoms with Gasteiger partial charge in [-0.15, -0.1) is 0 Å². The first-order chi connectivity index (χ1) is 12.9. The van der Waals surface area contributed by atoms with Gasteiger partial charge in [0.15, 0.2) is 29.1 Å². The number of aromatic nitrogens is 3. The van der Waals surface area contributed by atoms with Gasteiger partial charge in [0.2, 0.25) is 0 Å². The normalized spacial score (nSPS) is 13.4. The van der Waals surface area contributed by atoms with Crippen molar-refractivity contribution in [1.29, 1.82) is 0 Å². The Labute approximate surface area is 158 Å². The molecule has 0 atom stereocenters. The van der Waals surface area contributed by atoms with Crippen LogP contribution in [0.25, 0.3) is 22.8 Å². The minimum absolute atomic E-state index is 0.213. The van der Waals surface area contributed by atoms with Gasteiger partial charge in [-0.1, -0.05) is 0 Å². The van der Waals surface area contributed by atoms with Gasteiger partial charge in [0.25, 0.3) is 5.91 Å². The number of benzene rings is 1. The van der Waals surface area contributed by atoms with Crippen LogP contribution < -0.4 is 5.32 Å². The molecule has 5 nitrogen and oxygen atoms in total. The molecule has 1 aliphatic heterocycles. The average Bonchev–Trinajstić information content (AvgIpc) is 3.11. The molecule has 0 saturated carbocycles.